The minimum Gasteiger partial charge on any atom is -0.479 e. The maximum atomic E-state index is 12.6. The van der Waals surface area contributed by atoms with Crippen LogP contribution in [-0.4, -0.2) is 50.8 Å². The van der Waals surface area contributed by atoms with Crippen LogP contribution in [0.4, 0.5) is 0 Å². The molecule has 28 heavy (non-hydrogen) atoms. The van der Waals surface area contributed by atoms with Crippen molar-refractivity contribution in [2.45, 2.75) is 88.9 Å². The van der Waals surface area contributed by atoms with Crippen LogP contribution < -0.4 is 0 Å². The lowest BCUT2D eigenvalue weighted by Crippen LogP contribution is -2.19. The highest BCUT2D eigenvalue weighted by Crippen LogP contribution is 2.40. The van der Waals surface area contributed by atoms with Crippen molar-refractivity contribution in [2.75, 3.05) is 12.4 Å². The summed E-state index contributed by atoms with van der Waals surface area (Å²) < 4.78 is 0. The van der Waals surface area contributed by atoms with Gasteiger partial charge in [0, 0.05) is 23.3 Å². The number of Topliss-reactive ketones (excluding diaryl/α,β-unsaturated/α-hetero) is 1. The average molecular weight is 415 g/mol. The zero-order valence-electron chi connectivity index (χ0n) is 17.2. The molecule has 1 saturated carbocycles. The Morgan fingerprint density at radius 3 is 2.64 bits per heavy atom. The third-order valence-corrected chi connectivity index (χ3v) is 6.82. The van der Waals surface area contributed by atoms with Crippen LogP contribution in [0.1, 0.15) is 77.6 Å². The van der Waals surface area contributed by atoms with Crippen LogP contribution in [0.15, 0.2) is 12.2 Å². The standard InChI is InChI=1S/C22H38O5S/c1-2-3-4-5-6-8-12-18-17(20(25)16-21(18)28-15-14-23)11-9-7-10-13-19(24)22(26)27/h8,12,17-19,21,23-24H,2-7,9-11,13-16H2,1H3,(H,26,27)/t17-,18-,19+,21-/m1/s1. The van der Waals surface area contributed by atoms with Crippen LogP contribution in [0.3, 0.4) is 0 Å². The molecule has 0 aromatic carbocycles. The highest BCUT2D eigenvalue weighted by molar-refractivity contribution is 8.00. The number of carbonyl (C=O) groups excluding carboxylic acids is 1. The molecular weight excluding hydrogens is 376 g/mol. The molecule has 162 valence electrons. The number of carboxylic acid groups (broad SMARTS) is 1. The molecule has 0 unspecified atom stereocenters. The normalized spacial score (nSPS) is 23.5. The van der Waals surface area contributed by atoms with Gasteiger partial charge in [-0.05, 0) is 31.6 Å². The Hall–Kier alpha value is -0.850. The zero-order chi connectivity index (χ0) is 20.8. The van der Waals surface area contributed by atoms with Gasteiger partial charge in [-0.1, -0.05) is 57.6 Å². The Labute approximate surface area is 174 Å². The van der Waals surface area contributed by atoms with Gasteiger partial charge in [0.05, 0.1) is 6.61 Å². The van der Waals surface area contributed by atoms with Crippen LogP contribution in [0.25, 0.3) is 0 Å². The topological polar surface area (TPSA) is 94.8 Å². The molecule has 1 fully saturated rings. The van der Waals surface area contributed by atoms with Crippen molar-refractivity contribution in [3.63, 3.8) is 0 Å². The first-order chi connectivity index (χ1) is 13.5. The molecule has 0 spiro atoms. The first kappa shape index (κ1) is 25.2. The van der Waals surface area contributed by atoms with E-state index in [0.717, 1.165) is 25.7 Å². The number of thioether (sulfide) groups is 1. The van der Waals surface area contributed by atoms with Crippen molar-refractivity contribution in [2.24, 2.45) is 11.8 Å². The predicted octanol–water partition coefficient (Wildman–Crippen LogP) is 4.21. The van der Waals surface area contributed by atoms with Crippen LogP contribution in [-0.2, 0) is 9.59 Å². The smallest absolute Gasteiger partial charge is 0.332 e. The van der Waals surface area contributed by atoms with Gasteiger partial charge in [-0.15, -0.1) is 0 Å². The molecule has 1 rings (SSSR count). The van der Waals surface area contributed by atoms with E-state index in [1.165, 1.54) is 25.7 Å². The van der Waals surface area contributed by atoms with Crippen molar-refractivity contribution in [3.8, 4) is 0 Å². The van der Waals surface area contributed by atoms with E-state index in [9.17, 15) is 14.7 Å². The van der Waals surface area contributed by atoms with Crippen LogP contribution in [0.2, 0.25) is 0 Å². The van der Waals surface area contributed by atoms with E-state index in [1.807, 2.05) is 0 Å². The number of hydrogen-bond acceptors (Lipinski definition) is 5. The molecule has 3 N–H and O–H groups in total. The highest BCUT2D eigenvalue weighted by atomic mass is 32.2. The number of carbonyl (C=O) groups is 2. The van der Waals surface area contributed by atoms with Crippen molar-refractivity contribution in [1.82, 2.24) is 0 Å². The number of unbranched alkanes of at least 4 members (excludes halogenated alkanes) is 6. The lowest BCUT2D eigenvalue weighted by atomic mass is 9.89. The summed E-state index contributed by atoms with van der Waals surface area (Å²) in [6, 6.07) is 0. The van der Waals surface area contributed by atoms with E-state index in [1.54, 1.807) is 11.8 Å². The average Bonchev–Trinajstić information content (AvgIpc) is 2.97. The zero-order valence-corrected chi connectivity index (χ0v) is 18.0. The van der Waals surface area contributed by atoms with Crippen molar-refractivity contribution in [1.29, 1.82) is 0 Å². The van der Waals surface area contributed by atoms with Gasteiger partial charge in [-0.2, -0.15) is 11.8 Å². The number of aliphatic carboxylic acids is 1. The van der Waals surface area contributed by atoms with Gasteiger partial charge in [-0.25, -0.2) is 4.79 Å². The molecule has 5 nitrogen and oxygen atoms in total. The molecule has 4 atom stereocenters. The number of ketones is 1. The fourth-order valence-corrected chi connectivity index (χ4v) is 5.08. The molecule has 0 heterocycles. The summed E-state index contributed by atoms with van der Waals surface area (Å²) in [4.78, 5) is 23.2. The lowest BCUT2D eigenvalue weighted by Gasteiger charge is -2.20. The monoisotopic (exact) mass is 414 g/mol. The molecule has 1 aliphatic carbocycles. The second-order valence-electron chi connectivity index (χ2n) is 7.76. The number of hydrogen-bond donors (Lipinski definition) is 3. The van der Waals surface area contributed by atoms with Gasteiger partial charge < -0.3 is 15.3 Å². The van der Waals surface area contributed by atoms with Gasteiger partial charge in [-0.3, -0.25) is 4.79 Å². The van der Waals surface area contributed by atoms with Gasteiger partial charge >= 0.3 is 5.97 Å². The fraction of sp³-hybridized carbons (Fsp3) is 0.818. The fourth-order valence-electron chi connectivity index (χ4n) is 3.89. The van der Waals surface area contributed by atoms with E-state index in [4.69, 9.17) is 10.2 Å². The number of rotatable bonds is 16. The number of allylic oxidation sites excluding steroid dienone is 2. The third kappa shape index (κ3) is 9.57. The second-order valence-corrected chi connectivity index (χ2v) is 9.10. The minimum absolute atomic E-state index is 0.0347. The van der Waals surface area contributed by atoms with E-state index in [-0.39, 0.29) is 30.1 Å². The maximum absolute atomic E-state index is 12.6. The third-order valence-electron chi connectivity index (χ3n) is 5.49. The molecule has 6 heteroatoms. The Kier molecular flexibility index (Phi) is 13.5. The van der Waals surface area contributed by atoms with Crippen LogP contribution in [0, 0.1) is 11.8 Å². The summed E-state index contributed by atoms with van der Waals surface area (Å²) in [7, 11) is 0. The van der Waals surface area contributed by atoms with Gasteiger partial charge in [0.15, 0.2) is 6.10 Å². The summed E-state index contributed by atoms with van der Waals surface area (Å²) in [5.41, 5.74) is 0. The molecule has 0 aromatic heterocycles. The Balaban J connectivity index is 2.50. The first-order valence-corrected chi connectivity index (χ1v) is 11.9. The molecular formula is C22H38O5S. The number of aliphatic hydroxyl groups excluding tert-OH is 2. The Morgan fingerprint density at radius 1 is 1.21 bits per heavy atom. The summed E-state index contributed by atoms with van der Waals surface area (Å²) in [5.74, 6) is 0.0892. The van der Waals surface area contributed by atoms with Gasteiger partial charge in [0.25, 0.3) is 0 Å². The van der Waals surface area contributed by atoms with E-state index < -0.39 is 12.1 Å². The molecule has 0 aliphatic heterocycles. The van der Waals surface area contributed by atoms with Gasteiger partial charge in [0.2, 0.25) is 0 Å². The molecule has 0 radical (unpaired) electrons. The van der Waals surface area contributed by atoms with Crippen molar-refractivity contribution in [3.05, 3.63) is 12.2 Å². The Bertz CT molecular complexity index is 480. The van der Waals surface area contributed by atoms with E-state index in [2.05, 4.69) is 19.1 Å². The summed E-state index contributed by atoms with van der Waals surface area (Å²) in [5, 5.41) is 27.4. The first-order valence-electron chi connectivity index (χ1n) is 10.8. The van der Waals surface area contributed by atoms with Crippen LogP contribution >= 0.6 is 11.8 Å². The largest absolute Gasteiger partial charge is 0.479 e. The molecule has 0 amide bonds. The molecule has 1 aliphatic rings. The summed E-state index contributed by atoms with van der Waals surface area (Å²) >= 11 is 1.70. The molecule has 0 saturated heterocycles. The quantitative estimate of drug-likeness (QED) is 0.259. The molecule has 0 bridgehead atoms. The predicted molar refractivity (Wildman–Crippen MR) is 115 cm³/mol. The van der Waals surface area contributed by atoms with E-state index in [0.29, 0.717) is 24.4 Å². The summed E-state index contributed by atoms with van der Waals surface area (Å²) in [6.45, 7) is 2.34. The van der Waals surface area contributed by atoms with Crippen molar-refractivity contribution >= 4 is 23.5 Å². The van der Waals surface area contributed by atoms with Gasteiger partial charge in [0.1, 0.15) is 5.78 Å². The highest BCUT2D eigenvalue weighted by Gasteiger charge is 2.40. The second kappa shape index (κ2) is 15.1. The lowest BCUT2D eigenvalue weighted by molar-refractivity contribution is -0.147. The van der Waals surface area contributed by atoms with Crippen LogP contribution in [0.5, 0.6) is 0 Å². The van der Waals surface area contributed by atoms with E-state index >= 15 is 0 Å². The number of aliphatic hydroxyl groups is 2. The van der Waals surface area contributed by atoms with Crippen molar-refractivity contribution < 1.29 is 24.9 Å². The molecule has 0 aromatic rings. The summed E-state index contributed by atoms with van der Waals surface area (Å²) in [6.07, 6.45) is 13.2. The minimum atomic E-state index is -1.28. The maximum Gasteiger partial charge on any atom is 0.332 e. The number of carboxylic acids is 1. The Morgan fingerprint density at radius 2 is 1.96 bits per heavy atom. The SMILES string of the molecule is CCCCCCC=C[C@H]1[C@H](SCCO)CC(=O)[C@@H]1CCCCC[C@H](O)C(=O)O.